The summed E-state index contributed by atoms with van der Waals surface area (Å²) in [6.45, 7) is -1.14. The molecular formula is C28H35NO13. The second kappa shape index (κ2) is 12.7. The van der Waals surface area contributed by atoms with E-state index in [1.165, 1.54) is 13.2 Å². The van der Waals surface area contributed by atoms with Gasteiger partial charge in [0.05, 0.1) is 26.0 Å². The third-order valence-electron chi connectivity index (χ3n) is 7.53. The fourth-order valence-electron chi connectivity index (χ4n) is 5.13. The summed E-state index contributed by atoms with van der Waals surface area (Å²) in [5.74, 6) is 0.591. The molecule has 230 valence electrons. The molecule has 3 heterocycles. The molecule has 0 spiro atoms. The molecule has 0 radical (unpaired) electrons. The Labute approximate surface area is 239 Å². The first kappa shape index (κ1) is 30.4. The number of aliphatic hydroxyl groups excluding tert-OH is 7. The SMILES string of the molecule is COc1cc(Cc2[nH]c3ccccc3c2O[C@@H]2O[C@H](CO[C@@H]3O[C@H](CO)[C@@H](O)[C@H](O)[C@H]3O)[C@@H](O)[C@H](O)[C@H]2O)ccc1O. The predicted molar refractivity (Wildman–Crippen MR) is 143 cm³/mol. The zero-order valence-electron chi connectivity index (χ0n) is 22.6. The number of hydrogen-bond donors (Lipinski definition) is 9. The number of aromatic hydroxyl groups is 1. The number of aromatic nitrogens is 1. The van der Waals surface area contributed by atoms with E-state index in [0.717, 1.165) is 11.1 Å². The maximum absolute atomic E-state index is 10.8. The lowest BCUT2D eigenvalue weighted by Gasteiger charge is -2.42. The minimum atomic E-state index is -1.71. The molecule has 0 unspecified atom stereocenters. The highest BCUT2D eigenvalue weighted by Crippen LogP contribution is 2.36. The van der Waals surface area contributed by atoms with Gasteiger partial charge in [0.25, 0.3) is 0 Å². The zero-order chi connectivity index (χ0) is 30.1. The topological polar surface area (TPSA) is 224 Å². The molecule has 3 aromatic rings. The van der Waals surface area contributed by atoms with Crippen LogP contribution in [0.5, 0.6) is 17.2 Å². The van der Waals surface area contributed by atoms with E-state index in [2.05, 4.69) is 4.98 Å². The van der Waals surface area contributed by atoms with Crippen molar-refractivity contribution >= 4 is 10.9 Å². The average molecular weight is 594 g/mol. The standard InChI is InChI=1S/C28H35NO13/c1-38-17-9-12(6-7-16(17)31)8-15-26(13-4-2-3-5-14(13)29-15)42-28-25(37)23(35)21(33)19(41-28)11-39-27-24(36)22(34)20(32)18(10-30)40-27/h2-7,9,18-25,27-37H,8,10-11H2,1H3/t18-,19-,20-,21-,22+,23+,24-,25-,27-,28+/m1/s1. The van der Waals surface area contributed by atoms with Gasteiger partial charge in [0.1, 0.15) is 48.8 Å². The Morgan fingerprint density at radius 1 is 0.810 bits per heavy atom. The van der Waals surface area contributed by atoms with E-state index in [1.807, 2.05) is 12.1 Å². The number of hydrogen-bond acceptors (Lipinski definition) is 13. The van der Waals surface area contributed by atoms with Crippen molar-refractivity contribution in [1.29, 1.82) is 0 Å². The molecule has 0 bridgehead atoms. The van der Waals surface area contributed by atoms with Gasteiger partial charge in [-0.25, -0.2) is 0 Å². The molecule has 9 N–H and O–H groups in total. The van der Waals surface area contributed by atoms with Crippen molar-refractivity contribution in [2.75, 3.05) is 20.3 Å². The van der Waals surface area contributed by atoms with Gasteiger partial charge in [-0.05, 0) is 29.8 Å². The Balaban J connectivity index is 1.35. The third-order valence-corrected chi connectivity index (χ3v) is 7.53. The third kappa shape index (κ3) is 5.91. The van der Waals surface area contributed by atoms with Gasteiger partial charge in [-0.15, -0.1) is 0 Å². The largest absolute Gasteiger partial charge is 0.504 e. The molecule has 10 atom stereocenters. The van der Waals surface area contributed by atoms with Gasteiger partial charge in [0.2, 0.25) is 6.29 Å². The van der Waals surface area contributed by atoms with Crippen molar-refractivity contribution in [3.8, 4) is 17.2 Å². The van der Waals surface area contributed by atoms with E-state index >= 15 is 0 Å². The summed E-state index contributed by atoms with van der Waals surface area (Å²) < 4.78 is 28.0. The van der Waals surface area contributed by atoms with Gasteiger partial charge in [0.15, 0.2) is 23.5 Å². The van der Waals surface area contributed by atoms with Gasteiger partial charge < -0.3 is 69.5 Å². The summed E-state index contributed by atoms with van der Waals surface area (Å²) in [5, 5.41) is 82.2. The molecule has 2 aromatic carbocycles. The number of benzene rings is 2. The highest BCUT2D eigenvalue weighted by atomic mass is 16.7. The van der Waals surface area contributed by atoms with Crippen LogP contribution in [0.2, 0.25) is 0 Å². The second-order valence-electron chi connectivity index (χ2n) is 10.3. The van der Waals surface area contributed by atoms with Crippen LogP contribution in [0.4, 0.5) is 0 Å². The number of H-pyrrole nitrogens is 1. The summed E-state index contributed by atoms with van der Waals surface area (Å²) >= 11 is 0. The van der Waals surface area contributed by atoms with Crippen LogP contribution in [0.3, 0.4) is 0 Å². The van der Waals surface area contributed by atoms with Gasteiger partial charge in [-0.2, -0.15) is 0 Å². The number of nitrogens with one attached hydrogen (secondary N) is 1. The number of aliphatic hydroxyl groups is 7. The minimum absolute atomic E-state index is 0.0161. The monoisotopic (exact) mass is 593 g/mol. The Bertz CT molecular complexity index is 1350. The maximum atomic E-state index is 10.8. The molecule has 0 aliphatic carbocycles. The van der Waals surface area contributed by atoms with Crippen molar-refractivity contribution < 1.29 is 64.5 Å². The number of para-hydroxylation sites is 1. The number of fused-ring (bicyclic) bond motifs is 1. The summed E-state index contributed by atoms with van der Waals surface area (Å²) in [5.41, 5.74) is 2.09. The molecule has 2 aliphatic rings. The van der Waals surface area contributed by atoms with E-state index in [1.54, 1.807) is 24.3 Å². The fourth-order valence-corrected chi connectivity index (χ4v) is 5.13. The quantitative estimate of drug-likeness (QED) is 0.138. The first-order valence-electron chi connectivity index (χ1n) is 13.4. The molecule has 5 rings (SSSR count). The van der Waals surface area contributed by atoms with Crippen LogP contribution < -0.4 is 9.47 Å². The van der Waals surface area contributed by atoms with Crippen LogP contribution in [0, 0.1) is 0 Å². The van der Waals surface area contributed by atoms with Crippen LogP contribution in [0.1, 0.15) is 11.3 Å². The molecular weight excluding hydrogens is 558 g/mol. The molecule has 14 heteroatoms. The highest BCUT2D eigenvalue weighted by molar-refractivity contribution is 5.88. The Kier molecular flexibility index (Phi) is 9.20. The van der Waals surface area contributed by atoms with Crippen molar-refractivity contribution in [1.82, 2.24) is 4.98 Å². The highest BCUT2D eigenvalue weighted by Gasteiger charge is 2.48. The number of phenolic OH excluding ortho intramolecular Hbond substituents is 1. The molecule has 0 amide bonds. The number of phenols is 1. The molecule has 0 saturated carbocycles. The molecule has 42 heavy (non-hydrogen) atoms. The summed E-state index contributed by atoms with van der Waals surface area (Å²) in [4.78, 5) is 3.28. The van der Waals surface area contributed by atoms with E-state index in [-0.39, 0.29) is 11.5 Å². The first-order valence-corrected chi connectivity index (χ1v) is 13.4. The van der Waals surface area contributed by atoms with Gasteiger partial charge >= 0.3 is 0 Å². The van der Waals surface area contributed by atoms with Crippen molar-refractivity contribution in [2.24, 2.45) is 0 Å². The van der Waals surface area contributed by atoms with E-state index in [9.17, 15) is 40.9 Å². The molecule has 2 aliphatic heterocycles. The number of rotatable bonds is 9. The van der Waals surface area contributed by atoms with Crippen molar-refractivity contribution in [2.45, 2.75) is 67.8 Å². The van der Waals surface area contributed by atoms with Gasteiger partial charge in [-0.1, -0.05) is 18.2 Å². The van der Waals surface area contributed by atoms with Crippen LogP contribution in [0.25, 0.3) is 10.9 Å². The Morgan fingerprint density at radius 3 is 2.19 bits per heavy atom. The van der Waals surface area contributed by atoms with Crippen molar-refractivity contribution in [3.63, 3.8) is 0 Å². The van der Waals surface area contributed by atoms with Crippen LogP contribution in [-0.4, -0.2) is 128 Å². The first-order chi connectivity index (χ1) is 20.1. The number of aromatic amines is 1. The van der Waals surface area contributed by atoms with E-state index in [4.69, 9.17) is 23.7 Å². The van der Waals surface area contributed by atoms with Crippen LogP contribution >= 0.6 is 0 Å². The predicted octanol–water partition coefficient (Wildman–Crippen LogP) is -1.52. The lowest BCUT2D eigenvalue weighted by atomic mass is 9.98. The van der Waals surface area contributed by atoms with Gasteiger partial charge in [0, 0.05) is 17.3 Å². The zero-order valence-corrected chi connectivity index (χ0v) is 22.6. The summed E-state index contributed by atoms with van der Waals surface area (Å²) in [7, 11) is 1.44. The fraction of sp³-hybridized carbons (Fsp3) is 0.500. The van der Waals surface area contributed by atoms with E-state index < -0.39 is 74.6 Å². The van der Waals surface area contributed by atoms with Crippen LogP contribution in [-0.2, 0) is 20.6 Å². The molecule has 2 saturated heterocycles. The second-order valence-corrected chi connectivity index (χ2v) is 10.3. The molecule has 14 nitrogen and oxygen atoms in total. The lowest BCUT2D eigenvalue weighted by Crippen LogP contribution is -2.62. The number of ether oxygens (including phenoxy) is 5. The average Bonchev–Trinajstić information content (AvgIpc) is 3.33. The molecule has 1 aromatic heterocycles. The smallest absolute Gasteiger partial charge is 0.229 e. The number of methoxy groups -OCH3 is 1. The summed E-state index contributed by atoms with van der Waals surface area (Å²) in [6, 6.07) is 12.1. The maximum Gasteiger partial charge on any atom is 0.229 e. The normalized spacial score (nSPS) is 33.5. The van der Waals surface area contributed by atoms with E-state index in [0.29, 0.717) is 23.3 Å². The van der Waals surface area contributed by atoms with Crippen LogP contribution in [0.15, 0.2) is 42.5 Å². The lowest BCUT2D eigenvalue weighted by molar-refractivity contribution is -0.323. The Hall–Kier alpha value is -3.02. The Morgan fingerprint density at radius 2 is 1.48 bits per heavy atom. The van der Waals surface area contributed by atoms with Crippen molar-refractivity contribution in [3.05, 3.63) is 53.7 Å². The molecule has 2 fully saturated rings. The minimum Gasteiger partial charge on any atom is -0.504 e. The summed E-state index contributed by atoms with van der Waals surface area (Å²) in [6.07, 6.45) is -15.1. The van der Waals surface area contributed by atoms with Gasteiger partial charge in [-0.3, -0.25) is 0 Å².